The summed E-state index contributed by atoms with van der Waals surface area (Å²) in [5, 5.41) is 0.638. The minimum atomic E-state index is -0.524. The van der Waals surface area contributed by atoms with Crippen LogP contribution >= 0.6 is 57.6 Å². The molecule has 0 saturated carbocycles. The Hall–Kier alpha value is -2.53. The summed E-state index contributed by atoms with van der Waals surface area (Å²) in [7, 11) is 1.53. The second-order valence-electron chi connectivity index (χ2n) is 7.65. The van der Waals surface area contributed by atoms with Crippen LogP contribution in [0.2, 0.25) is 10.0 Å². The van der Waals surface area contributed by atoms with Gasteiger partial charge in [0.05, 0.1) is 22.1 Å². The zero-order valence-electron chi connectivity index (χ0n) is 18.8. The summed E-state index contributed by atoms with van der Waals surface area (Å²) in [5.74, 6) is 0.170. The Labute approximate surface area is 235 Å². The van der Waals surface area contributed by atoms with E-state index >= 15 is 0 Å². The lowest BCUT2D eigenvalue weighted by Gasteiger charge is -2.14. The quantitative estimate of drug-likeness (QED) is 0.147. The molecule has 10 heteroatoms. The zero-order valence-corrected chi connectivity index (χ0v) is 23.3. The van der Waals surface area contributed by atoms with E-state index in [1.165, 1.54) is 7.11 Å². The number of hydrogen-bond acceptors (Lipinski definition) is 6. The molecule has 36 heavy (non-hydrogen) atoms. The van der Waals surface area contributed by atoms with Crippen LogP contribution < -0.4 is 9.47 Å². The maximum absolute atomic E-state index is 12.9. The van der Waals surface area contributed by atoms with E-state index in [2.05, 4.69) is 22.6 Å². The van der Waals surface area contributed by atoms with Gasteiger partial charge in [-0.15, -0.1) is 0 Å². The van der Waals surface area contributed by atoms with Crippen molar-refractivity contribution in [2.45, 2.75) is 6.61 Å². The van der Waals surface area contributed by atoms with Crippen molar-refractivity contribution in [2.24, 2.45) is 0 Å². The minimum Gasteiger partial charge on any atom is -0.493 e. The first-order valence-corrected chi connectivity index (χ1v) is 13.2. The largest absolute Gasteiger partial charge is 0.493 e. The van der Waals surface area contributed by atoms with Gasteiger partial charge in [0.2, 0.25) is 0 Å². The molecule has 0 bridgehead atoms. The van der Waals surface area contributed by atoms with E-state index in [0.717, 1.165) is 25.8 Å². The number of carbonyl (C=O) groups is 3. The summed E-state index contributed by atoms with van der Waals surface area (Å²) < 4.78 is 12.3. The summed E-state index contributed by atoms with van der Waals surface area (Å²) >= 11 is 14.7. The predicted molar refractivity (Wildman–Crippen MR) is 150 cm³/mol. The molecule has 0 atom stereocenters. The van der Waals surface area contributed by atoms with Crippen molar-refractivity contribution in [1.29, 1.82) is 0 Å². The molecule has 0 aliphatic carbocycles. The topological polar surface area (TPSA) is 72.9 Å². The number of nitrogens with zero attached hydrogens (tertiary/aromatic N) is 1. The van der Waals surface area contributed by atoms with E-state index in [4.69, 9.17) is 32.7 Å². The number of ketones is 1. The molecule has 0 N–H and O–H groups in total. The standard InChI is InChI=1S/C26H18Cl2INO5S/c1-34-22-11-16(10-20(29)24(22)35-14-15-2-6-18(27)7-3-15)12-23-25(32)30(26(33)36-23)13-21(31)17-4-8-19(28)9-5-17/h2-12H,13-14H2,1H3/b23-12+. The van der Waals surface area contributed by atoms with Gasteiger partial charge in [0.25, 0.3) is 11.1 Å². The molecule has 1 heterocycles. The summed E-state index contributed by atoms with van der Waals surface area (Å²) in [6.07, 6.45) is 1.60. The molecule has 1 saturated heterocycles. The molecule has 0 aromatic heterocycles. The van der Waals surface area contributed by atoms with Crippen molar-refractivity contribution in [3.05, 3.63) is 95.9 Å². The molecule has 0 unspecified atom stereocenters. The SMILES string of the molecule is COc1cc(/C=C2/SC(=O)N(CC(=O)c3ccc(Cl)cc3)C2=O)cc(I)c1OCc1ccc(Cl)cc1. The molecular weight excluding hydrogens is 636 g/mol. The third-order valence-electron chi connectivity index (χ3n) is 5.19. The number of halogens is 3. The summed E-state index contributed by atoms with van der Waals surface area (Å²) in [6, 6.07) is 17.2. The highest BCUT2D eigenvalue weighted by Gasteiger charge is 2.36. The highest BCUT2D eigenvalue weighted by Crippen LogP contribution is 2.37. The fourth-order valence-electron chi connectivity index (χ4n) is 3.36. The highest BCUT2D eigenvalue weighted by atomic mass is 127. The molecule has 1 aliphatic heterocycles. The second kappa shape index (κ2) is 11.7. The van der Waals surface area contributed by atoms with Gasteiger partial charge < -0.3 is 9.47 Å². The normalized spacial score (nSPS) is 14.4. The lowest BCUT2D eigenvalue weighted by molar-refractivity contribution is -0.122. The fourth-order valence-corrected chi connectivity index (χ4v) is 5.23. The molecule has 184 valence electrons. The lowest BCUT2D eigenvalue weighted by atomic mass is 10.1. The van der Waals surface area contributed by atoms with Gasteiger partial charge >= 0.3 is 0 Å². The van der Waals surface area contributed by atoms with Crippen molar-refractivity contribution in [1.82, 2.24) is 4.90 Å². The monoisotopic (exact) mass is 653 g/mol. The molecule has 3 aromatic carbocycles. The first-order valence-electron chi connectivity index (χ1n) is 10.5. The van der Waals surface area contributed by atoms with Crippen LogP contribution in [0.25, 0.3) is 6.08 Å². The number of Topliss-reactive ketones (excluding diaryl/α,β-unsaturated/α-hetero) is 1. The molecule has 0 spiro atoms. The Morgan fingerprint density at radius 3 is 2.31 bits per heavy atom. The van der Waals surface area contributed by atoms with E-state index in [1.54, 1.807) is 48.5 Å². The Balaban J connectivity index is 1.50. The molecule has 1 aliphatic rings. The van der Waals surface area contributed by atoms with Gasteiger partial charge in [0.1, 0.15) is 6.61 Å². The average molecular weight is 654 g/mol. The zero-order chi connectivity index (χ0) is 25.8. The molecule has 2 amide bonds. The maximum atomic E-state index is 12.9. The number of thioether (sulfide) groups is 1. The number of methoxy groups -OCH3 is 1. The Morgan fingerprint density at radius 1 is 1.03 bits per heavy atom. The number of ether oxygens (including phenoxy) is 2. The Bertz CT molecular complexity index is 1360. The summed E-state index contributed by atoms with van der Waals surface area (Å²) in [5.41, 5.74) is 1.98. The maximum Gasteiger partial charge on any atom is 0.293 e. The van der Waals surface area contributed by atoms with Gasteiger partial charge in [0.15, 0.2) is 17.3 Å². The molecule has 3 aromatic rings. The van der Waals surface area contributed by atoms with Crippen LogP contribution in [0.1, 0.15) is 21.5 Å². The number of imide groups is 1. The van der Waals surface area contributed by atoms with Crippen molar-refractivity contribution >= 4 is 80.6 Å². The number of amides is 2. The van der Waals surface area contributed by atoms with E-state index in [0.29, 0.717) is 39.3 Å². The van der Waals surface area contributed by atoms with Crippen molar-refractivity contribution in [3.8, 4) is 11.5 Å². The van der Waals surface area contributed by atoms with Crippen LogP contribution in [0.15, 0.2) is 65.6 Å². The van der Waals surface area contributed by atoms with Crippen LogP contribution in [0.5, 0.6) is 11.5 Å². The van der Waals surface area contributed by atoms with Crippen LogP contribution in [0.3, 0.4) is 0 Å². The van der Waals surface area contributed by atoms with Gasteiger partial charge in [-0.05, 0) is 100 Å². The molecular formula is C26H18Cl2INO5S. The van der Waals surface area contributed by atoms with Gasteiger partial charge in [-0.1, -0.05) is 35.3 Å². The lowest BCUT2D eigenvalue weighted by Crippen LogP contribution is -2.33. The second-order valence-corrected chi connectivity index (χ2v) is 10.7. The van der Waals surface area contributed by atoms with Crippen molar-refractivity contribution in [2.75, 3.05) is 13.7 Å². The first kappa shape index (κ1) is 26.5. The highest BCUT2D eigenvalue weighted by molar-refractivity contribution is 14.1. The smallest absolute Gasteiger partial charge is 0.293 e. The van der Waals surface area contributed by atoms with Crippen LogP contribution in [-0.4, -0.2) is 35.5 Å². The number of benzene rings is 3. The summed E-state index contributed by atoms with van der Waals surface area (Å²) in [6.45, 7) is -0.0224. The van der Waals surface area contributed by atoms with Crippen LogP contribution in [-0.2, 0) is 11.4 Å². The number of rotatable bonds is 8. The van der Waals surface area contributed by atoms with E-state index in [-0.39, 0.29) is 17.2 Å². The number of carbonyl (C=O) groups excluding carboxylic acids is 3. The van der Waals surface area contributed by atoms with Gasteiger partial charge in [0, 0.05) is 15.6 Å². The average Bonchev–Trinajstić information content (AvgIpc) is 3.11. The third kappa shape index (κ3) is 6.23. The minimum absolute atomic E-state index is 0.219. The first-order chi connectivity index (χ1) is 17.2. The molecule has 1 fully saturated rings. The van der Waals surface area contributed by atoms with Crippen molar-refractivity contribution in [3.63, 3.8) is 0 Å². The Kier molecular flexibility index (Phi) is 8.61. The van der Waals surface area contributed by atoms with Gasteiger partial charge in [-0.25, -0.2) is 0 Å². The van der Waals surface area contributed by atoms with Gasteiger partial charge in [-0.3, -0.25) is 19.3 Å². The van der Waals surface area contributed by atoms with E-state index in [9.17, 15) is 14.4 Å². The third-order valence-corrected chi connectivity index (χ3v) is 7.40. The fraction of sp³-hybridized carbons (Fsp3) is 0.115. The van der Waals surface area contributed by atoms with Crippen molar-refractivity contribution < 1.29 is 23.9 Å². The molecule has 6 nitrogen and oxygen atoms in total. The van der Waals surface area contributed by atoms with Gasteiger partial charge in [-0.2, -0.15) is 0 Å². The Morgan fingerprint density at radius 2 is 1.67 bits per heavy atom. The van der Waals surface area contributed by atoms with E-state index < -0.39 is 11.1 Å². The summed E-state index contributed by atoms with van der Waals surface area (Å²) in [4.78, 5) is 39.1. The molecule has 4 rings (SSSR count). The molecule has 0 radical (unpaired) electrons. The predicted octanol–water partition coefficient (Wildman–Crippen LogP) is 7.10. The number of hydrogen-bond donors (Lipinski definition) is 0. The van der Waals surface area contributed by atoms with E-state index in [1.807, 2.05) is 18.2 Å². The van der Waals surface area contributed by atoms with Crippen LogP contribution in [0.4, 0.5) is 4.79 Å². The van der Waals surface area contributed by atoms with Crippen LogP contribution in [0, 0.1) is 3.57 Å².